The molecule has 78 valence electrons. The van der Waals surface area contributed by atoms with Crippen molar-refractivity contribution in [2.24, 2.45) is 0 Å². The van der Waals surface area contributed by atoms with Crippen LogP contribution in [0.15, 0.2) is 18.3 Å². The van der Waals surface area contributed by atoms with Crippen LogP contribution >= 0.6 is 0 Å². The number of aromatic nitrogens is 3. The van der Waals surface area contributed by atoms with Crippen LogP contribution in [0.1, 0.15) is 25.1 Å². The molecule has 1 saturated heterocycles. The minimum absolute atomic E-state index is 0.499. The van der Waals surface area contributed by atoms with Gasteiger partial charge < -0.3 is 10.3 Å². The maximum atomic E-state index is 4.54. The number of H-pyrrole nitrogens is 1. The number of hydrogen-bond acceptors (Lipinski definition) is 3. The molecule has 2 N–H and O–H groups in total. The first kappa shape index (κ1) is 8.85. The third-order valence-electron chi connectivity index (χ3n) is 3.15. The van der Waals surface area contributed by atoms with Crippen molar-refractivity contribution >= 4 is 11.2 Å². The largest absolute Gasteiger partial charge is 0.340 e. The summed E-state index contributed by atoms with van der Waals surface area (Å²) in [5.41, 5.74) is 1.86. The lowest BCUT2D eigenvalue weighted by Crippen LogP contribution is -2.22. The van der Waals surface area contributed by atoms with Crippen molar-refractivity contribution < 1.29 is 0 Å². The maximum absolute atomic E-state index is 4.54. The van der Waals surface area contributed by atoms with E-state index in [1.807, 2.05) is 12.1 Å². The lowest BCUT2D eigenvalue weighted by atomic mass is 10.0. The molecule has 1 fully saturated rings. The number of imidazole rings is 1. The summed E-state index contributed by atoms with van der Waals surface area (Å²) in [4.78, 5) is 12.1. The van der Waals surface area contributed by atoms with Crippen molar-refractivity contribution in [2.75, 3.05) is 6.54 Å². The number of fused-ring (bicyclic) bond motifs is 1. The number of rotatable bonds is 1. The fraction of sp³-hybridized carbons (Fsp3) is 0.455. The summed E-state index contributed by atoms with van der Waals surface area (Å²) in [7, 11) is 0. The van der Waals surface area contributed by atoms with Gasteiger partial charge in [-0.25, -0.2) is 9.97 Å². The molecule has 0 amide bonds. The van der Waals surface area contributed by atoms with Crippen molar-refractivity contribution in [1.29, 1.82) is 0 Å². The van der Waals surface area contributed by atoms with E-state index in [1.165, 1.54) is 0 Å². The number of pyridine rings is 1. The van der Waals surface area contributed by atoms with E-state index in [0.29, 0.717) is 12.0 Å². The SMILES string of the molecule is CC1NCCC1c1nc2ncccc2[nH]1. The van der Waals surface area contributed by atoms with E-state index in [2.05, 4.69) is 27.2 Å². The Kier molecular flexibility index (Phi) is 1.95. The average Bonchev–Trinajstić information content (AvgIpc) is 2.82. The van der Waals surface area contributed by atoms with Crippen LogP contribution < -0.4 is 5.32 Å². The molecule has 0 radical (unpaired) electrons. The van der Waals surface area contributed by atoms with Gasteiger partial charge in [-0.2, -0.15) is 0 Å². The van der Waals surface area contributed by atoms with E-state index in [-0.39, 0.29) is 0 Å². The molecule has 0 spiro atoms. The van der Waals surface area contributed by atoms with Crippen LogP contribution in [0.4, 0.5) is 0 Å². The van der Waals surface area contributed by atoms with Gasteiger partial charge in [0.1, 0.15) is 5.82 Å². The zero-order chi connectivity index (χ0) is 10.3. The van der Waals surface area contributed by atoms with Gasteiger partial charge in [-0.3, -0.25) is 0 Å². The number of hydrogen-bond donors (Lipinski definition) is 2. The van der Waals surface area contributed by atoms with Gasteiger partial charge in [0.15, 0.2) is 5.65 Å². The van der Waals surface area contributed by atoms with Crippen LogP contribution in [0.2, 0.25) is 0 Å². The third kappa shape index (κ3) is 1.41. The zero-order valence-corrected chi connectivity index (χ0v) is 8.70. The zero-order valence-electron chi connectivity index (χ0n) is 8.70. The fourth-order valence-electron chi connectivity index (χ4n) is 2.27. The minimum atomic E-state index is 0.499. The minimum Gasteiger partial charge on any atom is -0.340 e. The molecule has 2 unspecified atom stereocenters. The molecule has 2 aromatic heterocycles. The van der Waals surface area contributed by atoms with Crippen molar-refractivity contribution in [3.63, 3.8) is 0 Å². The topological polar surface area (TPSA) is 53.6 Å². The Morgan fingerprint density at radius 2 is 2.40 bits per heavy atom. The average molecular weight is 202 g/mol. The summed E-state index contributed by atoms with van der Waals surface area (Å²) in [6, 6.07) is 4.46. The highest BCUT2D eigenvalue weighted by Crippen LogP contribution is 2.26. The van der Waals surface area contributed by atoms with Gasteiger partial charge in [0, 0.05) is 18.2 Å². The molecule has 1 aliphatic heterocycles. The second kappa shape index (κ2) is 3.31. The molecule has 0 bridgehead atoms. The number of nitrogens with zero attached hydrogens (tertiary/aromatic N) is 2. The Morgan fingerprint density at radius 3 is 3.13 bits per heavy atom. The quantitative estimate of drug-likeness (QED) is 0.735. The molecule has 3 rings (SSSR count). The van der Waals surface area contributed by atoms with Gasteiger partial charge in [-0.05, 0) is 32.0 Å². The molecule has 1 aliphatic rings. The Balaban J connectivity index is 2.04. The lowest BCUT2D eigenvalue weighted by Gasteiger charge is -2.11. The molecule has 4 heteroatoms. The predicted octanol–water partition coefficient (Wildman–Crippen LogP) is 1.42. The second-order valence-electron chi connectivity index (χ2n) is 4.13. The monoisotopic (exact) mass is 202 g/mol. The molecule has 0 aromatic carbocycles. The summed E-state index contributed by atoms with van der Waals surface area (Å²) >= 11 is 0. The van der Waals surface area contributed by atoms with E-state index >= 15 is 0 Å². The third-order valence-corrected chi connectivity index (χ3v) is 3.15. The summed E-state index contributed by atoms with van der Waals surface area (Å²) in [5.74, 6) is 1.57. The van der Waals surface area contributed by atoms with Gasteiger partial charge in [-0.1, -0.05) is 0 Å². The molecule has 2 atom stereocenters. The van der Waals surface area contributed by atoms with E-state index in [1.54, 1.807) is 6.20 Å². The van der Waals surface area contributed by atoms with E-state index < -0.39 is 0 Å². The smallest absolute Gasteiger partial charge is 0.177 e. The summed E-state index contributed by atoms with van der Waals surface area (Å²) < 4.78 is 0. The molecular formula is C11H14N4. The first-order chi connectivity index (χ1) is 7.34. The molecule has 2 aromatic rings. The van der Waals surface area contributed by atoms with Crippen LogP contribution in [0.25, 0.3) is 11.2 Å². The summed E-state index contributed by atoms with van der Waals surface area (Å²) in [6.07, 6.45) is 2.93. The number of nitrogens with one attached hydrogen (secondary N) is 2. The van der Waals surface area contributed by atoms with E-state index in [0.717, 1.165) is 30.0 Å². The first-order valence-electron chi connectivity index (χ1n) is 5.38. The maximum Gasteiger partial charge on any atom is 0.177 e. The lowest BCUT2D eigenvalue weighted by molar-refractivity contribution is 0.574. The summed E-state index contributed by atoms with van der Waals surface area (Å²) in [6.45, 7) is 3.29. The van der Waals surface area contributed by atoms with E-state index in [4.69, 9.17) is 0 Å². The van der Waals surface area contributed by atoms with Crippen LogP contribution in [-0.4, -0.2) is 27.5 Å². The van der Waals surface area contributed by atoms with Crippen LogP contribution in [0, 0.1) is 0 Å². The highest BCUT2D eigenvalue weighted by atomic mass is 15.0. The highest BCUT2D eigenvalue weighted by molar-refractivity contribution is 5.70. The van der Waals surface area contributed by atoms with Gasteiger partial charge in [0.2, 0.25) is 0 Å². The predicted molar refractivity (Wildman–Crippen MR) is 58.7 cm³/mol. The Bertz CT molecular complexity index is 443. The van der Waals surface area contributed by atoms with Gasteiger partial charge in [-0.15, -0.1) is 0 Å². The van der Waals surface area contributed by atoms with E-state index in [9.17, 15) is 0 Å². The standard InChI is InChI=1S/C11H14N4/c1-7-8(4-6-12-7)10-14-9-3-2-5-13-11(9)15-10/h2-3,5,7-8,12H,4,6H2,1H3,(H,13,14,15). The number of aromatic amines is 1. The van der Waals surface area contributed by atoms with Crippen molar-refractivity contribution in [1.82, 2.24) is 20.3 Å². The molecule has 15 heavy (non-hydrogen) atoms. The van der Waals surface area contributed by atoms with Crippen LogP contribution in [0.3, 0.4) is 0 Å². The first-order valence-corrected chi connectivity index (χ1v) is 5.38. The summed E-state index contributed by atoms with van der Waals surface area (Å²) in [5, 5.41) is 3.43. The van der Waals surface area contributed by atoms with Crippen molar-refractivity contribution in [3.8, 4) is 0 Å². The van der Waals surface area contributed by atoms with Gasteiger partial charge >= 0.3 is 0 Å². The normalized spacial score (nSPS) is 26.2. The Hall–Kier alpha value is -1.42. The van der Waals surface area contributed by atoms with Gasteiger partial charge in [0.05, 0.1) is 5.52 Å². The molecule has 3 heterocycles. The molecule has 0 saturated carbocycles. The molecule has 0 aliphatic carbocycles. The van der Waals surface area contributed by atoms with Crippen LogP contribution in [0.5, 0.6) is 0 Å². The fourth-order valence-corrected chi connectivity index (χ4v) is 2.27. The molecule has 4 nitrogen and oxygen atoms in total. The van der Waals surface area contributed by atoms with Crippen LogP contribution in [-0.2, 0) is 0 Å². The Labute approximate surface area is 88.1 Å². The highest BCUT2D eigenvalue weighted by Gasteiger charge is 2.26. The molecular weight excluding hydrogens is 188 g/mol. The van der Waals surface area contributed by atoms with Crippen molar-refractivity contribution in [2.45, 2.75) is 25.3 Å². The van der Waals surface area contributed by atoms with Crippen molar-refractivity contribution in [3.05, 3.63) is 24.2 Å². The Morgan fingerprint density at radius 1 is 1.47 bits per heavy atom. The second-order valence-corrected chi connectivity index (χ2v) is 4.13. The van der Waals surface area contributed by atoms with Gasteiger partial charge in [0.25, 0.3) is 0 Å².